The molecule has 0 heterocycles. The average molecular weight is 414 g/mol. The number of hydrogen-bond acceptors (Lipinski definition) is 11. The van der Waals surface area contributed by atoms with Crippen LogP contribution < -0.4 is 59.1 Å². The van der Waals surface area contributed by atoms with Crippen LogP contribution in [0.2, 0.25) is 0 Å². The van der Waals surface area contributed by atoms with Crippen LogP contribution >= 0.6 is 0 Å². The topological polar surface area (TPSA) is 191 Å². The minimum Gasteiger partial charge on any atom is -1.00 e. The molecule has 0 fully saturated rings. The van der Waals surface area contributed by atoms with E-state index >= 15 is 0 Å². The van der Waals surface area contributed by atoms with Gasteiger partial charge in [-0.2, -0.15) is 0 Å². The summed E-state index contributed by atoms with van der Waals surface area (Å²) in [5.41, 5.74) is -1.08. The minimum atomic E-state index is -1.79. The van der Waals surface area contributed by atoms with Gasteiger partial charge in [-0.05, 0) is 24.3 Å². The van der Waals surface area contributed by atoms with Crippen molar-refractivity contribution in [2.45, 2.75) is 0 Å². The molecule has 140 valence electrons. The number of ether oxygens (including phenoxy) is 2. The molecule has 28 heavy (non-hydrogen) atoms. The van der Waals surface area contributed by atoms with Crippen molar-refractivity contribution in [3.8, 4) is 34.5 Å². The molecular formula is C15H12Na2O11. The van der Waals surface area contributed by atoms with E-state index in [1.54, 1.807) is 0 Å². The van der Waals surface area contributed by atoms with Gasteiger partial charge in [-0.25, -0.2) is 14.4 Å². The number of carbonyl (C=O) groups excluding carboxylic acids is 3. The SMILES string of the molecule is O=C(OC(=O)c1cc(O)c(O)c(O)c1)OC(=O)c1cc(O)c(O)c(O)c1.[H-].[H-].[Na+].[Na+]. The molecule has 0 aromatic heterocycles. The molecule has 2 aromatic rings. The Balaban J connectivity index is -0.00000182. The molecule has 0 amide bonds. The van der Waals surface area contributed by atoms with E-state index < -0.39 is 63.7 Å². The van der Waals surface area contributed by atoms with E-state index in [2.05, 4.69) is 9.47 Å². The summed E-state index contributed by atoms with van der Waals surface area (Å²) in [5.74, 6) is -8.10. The van der Waals surface area contributed by atoms with Crippen LogP contribution in [0.5, 0.6) is 34.5 Å². The first-order valence-electron chi connectivity index (χ1n) is 6.58. The van der Waals surface area contributed by atoms with Crippen molar-refractivity contribution in [2.75, 3.05) is 0 Å². The van der Waals surface area contributed by atoms with Gasteiger partial charge in [0.2, 0.25) is 0 Å². The van der Waals surface area contributed by atoms with E-state index in [0.29, 0.717) is 24.3 Å². The Morgan fingerprint density at radius 3 is 1.11 bits per heavy atom. The Morgan fingerprint density at radius 2 is 0.857 bits per heavy atom. The second kappa shape index (κ2) is 10.4. The number of aromatic hydroxyl groups is 6. The van der Waals surface area contributed by atoms with Gasteiger partial charge in [0.05, 0.1) is 11.1 Å². The van der Waals surface area contributed by atoms with Gasteiger partial charge in [-0.1, -0.05) is 0 Å². The van der Waals surface area contributed by atoms with E-state index in [1.807, 2.05) is 0 Å². The summed E-state index contributed by atoms with van der Waals surface area (Å²) in [7, 11) is 0. The Hall–Kier alpha value is -2.15. The van der Waals surface area contributed by atoms with Crippen LogP contribution in [0.1, 0.15) is 23.6 Å². The fourth-order valence-corrected chi connectivity index (χ4v) is 1.73. The van der Waals surface area contributed by atoms with Crippen molar-refractivity contribution in [3.63, 3.8) is 0 Å². The van der Waals surface area contributed by atoms with E-state index in [4.69, 9.17) is 10.2 Å². The van der Waals surface area contributed by atoms with Crippen molar-refractivity contribution < 1.29 is 116 Å². The molecule has 0 saturated carbocycles. The Morgan fingerprint density at radius 1 is 0.607 bits per heavy atom. The fraction of sp³-hybridized carbons (Fsp3) is 0. The molecule has 0 bridgehead atoms. The maximum absolute atomic E-state index is 11.7. The number of esters is 2. The predicted octanol–water partition coefficient (Wildman–Crippen LogP) is -4.71. The number of phenols is 6. The molecule has 2 rings (SSSR count). The van der Waals surface area contributed by atoms with Crippen LogP contribution in [0.3, 0.4) is 0 Å². The van der Waals surface area contributed by atoms with E-state index in [0.717, 1.165) is 0 Å². The quantitative estimate of drug-likeness (QED) is 0.120. The van der Waals surface area contributed by atoms with Crippen molar-refractivity contribution in [3.05, 3.63) is 35.4 Å². The third-order valence-corrected chi connectivity index (χ3v) is 2.96. The van der Waals surface area contributed by atoms with Crippen LogP contribution in [0.4, 0.5) is 4.79 Å². The first kappa shape index (κ1) is 25.9. The number of rotatable bonds is 2. The Labute approximate surface area is 203 Å². The molecular weight excluding hydrogens is 402 g/mol. The summed E-state index contributed by atoms with van der Waals surface area (Å²) in [5, 5.41) is 55.4. The summed E-state index contributed by atoms with van der Waals surface area (Å²) < 4.78 is 8.33. The normalized spacial score (nSPS) is 9.43. The van der Waals surface area contributed by atoms with Crippen LogP contribution in [0.15, 0.2) is 24.3 Å². The molecule has 13 heteroatoms. The average Bonchev–Trinajstić information content (AvgIpc) is 2.56. The summed E-state index contributed by atoms with van der Waals surface area (Å²) in [6, 6.07) is 2.73. The second-order valence-corrected chi connectivity index (χ2v) is 4.76. The zero-order valence-electron chi connectivity index (χ0n) is 16.5. The van der Waals surface area contributed by atoms with E-state index in [-0.39, 0.29) is 62.0 Å². The molecule has 0 aliphatic carbocycles. The number of phenolic OH excluding ortho intramolecular Hbond substituents is 6. The molecule has 2 aromatic carbocycles. The van der Waals surface area contributed by atoms with Crippen molar-refractivity contribution in [1.29, 1.82) is 0 Å². The van der Waals surface area contributed by atoms with Crippen molar-refractivity contribution >= 4 is 18.1 Å². The standard InChI is InChI=1S/C15H10O11.2Na.2H/c16-7-1-5(2-8(17)11(7)20)13(22)25-15(24)26-14(23)6-3-9(18)12(21)10(19)4-6;;;;/h1-4,16-21H;;;;/q;2*+1;2*-1. The smallest absolute Gasteiger partial charge is 1.00 e. The Bertz CT molecular complexity index is 817. The van der Waals surface area contributed by atoms with Gasteiger partial charge < -0.3 is 43.0 Å². The third-order valence-electron chi connectivity index (χ3n) is 2.96. The molecule has 11 nitrogen and oxygen atoms in total. The first-order chi connectivity index (χ1) is 12.1. The number of hydrogen-bond donors (Lipinski definition) is 6. The summed E-state index contributed by atoms with van der Waals surface area (Å²) in [6.45, 7) is 0. The van der Waals surface area contributed by atoms with Gasteiger partial charge in [0.1, 0.15) is 0 Å². The maximum atomic E-state index is 11.7. The molecule has 0 spiro atoms. The minimum absolute atomic E-state index is 0. The molecule has 0 aliphatic heterocycles. The molecule has 0 radical (unpaired) electrons. The van der Waals surface area contributed by atoms with Crippen LogP contribution in [0, 0.1) is 0 Å². The number of carbonyl (C=O) groups is 3. The van der Waals surface area contributed by atoms with Gasteiger partial charge in [-0.3, -0.25) is 0 Å². The molecule has 0 unspecified atom stereocenters. The van der Waals surface area contributed by atoms with Crippen LogP contribution in [-0.2, 0) is 9.47 Å². The van der Waals surface area contributed by atoms with E-state index in [1.165, 1.54) is 0 Å². The van der Waals surface area contributed by atoms with Crippen molar-refractivity contribution in [1.82, 2.24) is 0 Å². The van der Waals surface area contributed by atoms with Crippen molar-refractivity contribution in [2.24, 2.45) is 0 Å². The molecule has 0 aliphatic rings. The summed E-state index contributed by atoms with van der Waals surface area (Å²) in [6.07, 6.45) is -1.79. The molecule has 6 N–H and O–H groups in total. The Kier molecular flexibility index (Phi) is 9.61. The van der Waals surface area contributed by atoms with Gasteiger partial charge >= 0.3 is 77.2 Å². The second-order valence-electron chi connectivity index (χ2n) is 4.76. The van der Waals surface area contributed by atoms with E-state index in [9.17, 15) is 34.8 Å². The summed E-state index contributed by atoms with van der Waals surface area (Å²) >= 11 is 0. The van der Waals surface area contributed by atoms with Gasteiger partial charge in [0.25, 0.3) is 0 Å². The zero-order valence-corrected chi connectivity index (χ0v) is 18.5. The fourth-order valence-electron chi connectivity index (χ4n) is 1.73. The molecule has 0 atom stereocenters. The largest absolute Gasteiger partial charge is 1.00 e. The summed E-state index contributed by atoms with van der Waals surface area (Å²) in [4.78, 5) is 34.8. The number of benzene rings is 2. The zero-order chi connectivity index (χ0) is 19.6. The monoisotopic (exact) mass is 414 g/mol. The van der Waals surface area contributed by atoms with Crippen LogP contribution in [0.25, 0.3) is 0 Å². The van der Waals surface area contributed by atoms with Gasteiger partial charge in [0.15, 0.2) is 34.5 Å². The van der Waals surface area contributed by atoms with Gasteiger partial charge in [-0.15, -0.1) is 0 Å². The first-order valence-corrected chi connectivity index (χ1v) is 6.58. The van der Waals surface area contributed by atoms with Gasteiger partial charge in [0, 0.05) is 0 Å². The predicted molar refractivity (Wildman–Crippen MR) is 81.3 cm³/mol. The van der Waals surface area contributed by atoms with Crippen LogP contribution in [-0.4, -0.2) is 48.7 Å². The molecule has 0 saturated heterocycles. The third kappa shape index (κ3) is 5.92. The maximum Gasteiger partial charge on any atom is 1.00 e.